The average molecular weight is 349 g/mol. The predicted molar refractivity (Wildman–Crippen MR) is 78.6 cm³/mol. The molecule has 1 fully saturated rings. The Morgan fingerprint density at radius 1 is 1.10 bits per heavy atom. The lowest BCUT2D eigenvalue weighted by Gasteiger charge is -2.42. The van der Waals surface area contributed by atoms with Gasteiger partial charge in [0.05, 0.1) is 0 Å². The Kier molecular flexibility index (Phi) is 4.53. The molecule has 0 radical (unpaired) electrons. The van der Waals surface area contributed by atoms with E-state index in [0.717, 1.165) is 25.3 Å². The van der Waals surface area contributed by atoms with Gasteiger partial charge in [0.15, 0.2) is 17.5 Å². The van der Waals surface area contributed by atoms with E-state index >= 15 is 0 Å². The van der Waals surface area contributed by atoms with E-state index in [9.17, 15) is 13.2 Å². The molecule has 1 aliphatic rings. The molecule has 20 heavy (non-hydrogen) atoms. The van der Waals surface area contributed by atoms with Gasteiger partial charge in [0.2, 0.25) is 0 Å². The second-order valence-electron chi connectivity index (χ2n) is 6.49. The highest BCUT2D eigenvalue weighted by Gasteiger charge is 2.40. The Bertz CT molecular complexity index is 499. The van der Waals surface area contributed by atoms with Crippen LogP contribution in [0.4, 0.5) is 13.2 Å². The lowest BCUT2D eigenvalue weighted by atomic mass is 9.66. The molecule has 4 heteroatoms. The van der Waals surface area contributed by atoms with Gasteiger partial charge in [-0.05, 0) is 41.7 Å². The zero-order valence-electron chi connectivity index (χ0n) is 12.0. The molecule has 0 amide bonds. The zero-order chi connectivity index (χ0) is 15.1. The highest BCUT2D eigenvalue weighted by Crippen LogP contribution is 2.46. The van der Waals surface area contributed by atoms with Crippen LogP contribution < -0.4 is 0 Å². The second-order valence-corrected chi connectivity index (χ2v) is 7.66. The Morgan fingerprint density at radius 3 is 2.35 bits per heavy atom. The molecule has 0 aliphatic heterocycles. The Balaban J connectivity index is 2.37. The van der Waals surface area contributed by atoms with Gasteiger partial charge in [-0.25, -0.2) is 13.2 Å². The summed E-state index contributed by atoms with van der Waals surface area (Å²) in [5.74, 6) is -2.70. The quantitative estimate of drug-likeness (QED) is 0.483. The Morgan fingerprint density at radius 2 is 1.75 bits per heavy atom. The van der Waals surface area contributed by atoms with Crippen LogP contribution in [0.2, 0.25) is 0 Å². The standard InChI is InChI=1S/C16H20BrF3/c1-9-4-5-10(12(17)8-9)16(2,3)11-6-7-13(18)15(20)14(11)19/h6-7,9-10,12H,4-5,8H2,1-3H3. The van der Waals surface area contributed by atoms with Gasteiger partial charge in [0.1, 0.15) is 0 Å². The van der Waals surface area contributed by atoms with Gasteiger partial charge in [0, 0.05) is 4.83 Å². The maximum absolute atomic E-state index is 14.1. The summed E-state index contributed by atoms with van der Waals surface area (Å²) in [5, 5.41) is 0. The highest BCUT2D eigenvalue weighted by atomic mass is 79.9. The van der Waals surface area contributed by atoms with Gasteiger partial charge < -0.3 is 0 Å². The SMILES string of the molecule is CC1CCC(C(C)(C)c2ccc(F)c(F)c2F)C(Br)C1. The van der Waals surface area contributed by atoms with E-state index < -0.39 is 22.9 Å². The Hall–Kier alpha value is -0.510. The van der Waals surface area contributed by atoms with Crippen LogP contribution in [0.25, 0.3) is 0 Å². The van der Waals surface area contributed by atoms with Crippen LogP contribution in [0, 0.1) is 29.3 Å². The molecule has 2 rings (SSSR count). The summed E-state index contributed by atoms with van der Waals surface area (Å²) in [7, 11) is 0. The fraction of sp³-hybridized carbons (Fsp3) is 0.625. The molecule has 3 atom stereocenters. The van der Waals surface area contributed by atoms with Crippen molar-refractivity contribution in [2.75, 3.05) is 0 Å². The topological polar surface area (TPSA) is 0 Å². The van der Waals surface area contributed by atoms with E-state index in [1.54, 1.807) is 0 Å². The van der Waals surface area contributed by atoms with Gasteiger partial charge >= 0.3 is 0 Å². The molecule has 1 aromatic carbocycles. The van der Waals surface area contributed by atoms with Crippen LogP contribution in [0.1, 0.15) is 45.6 Å². The van der Waals surface area contributed by atoms with Crippen LogP contribution in [-0.4, -0.2) is 4.83 Å². The summed E-state index contributed by atoms with van der Waals surface area (Å²) in [6, 6.07) is 2.40. The third kappa shape index (κ3) is 2.76. The van der Waals surface area contributed by atoms with E-state index in [4.69, 9.17) is 0 Å². The van der Waals surface area contributed by atoms with Crippen molar-refractivity contribution < 1.29 is 13.2 Å². The summed E-state index contributed by atoms with van der Waals surface area (Å²) < 4.78 is 40.7. The van der Waals surface area contributed by atoms with Crippen molar-refractivity contribution in [2.24, 2.45) is 11.8 Å². The van der Waals surface area contributed by atoms with Crippen molar-refractivity contribution >= 4 is 15.9 Å². The van der Waals surface area contributed by atoms with Crippen LogP contribution >= 0.6 is 15.9 Å². The maximum Gasteiger partial charge on any atom is 0.194 e. The summed E-state index contributed by atoms with van der Waals surface area (Å²) in [5.41, 5.74) is -0.271. The molecule has 1 saturated carbocycles. The first kappa shape index (κ1) is 15.9. The number of alkyl halides is 1. The van der Waals surface area contributed by atoms with Crippen molar-refractivity contribution in [3.05, 3.63) is 35.1 Å². The first-order valence-electron chi connectivity index (χ1n) is 7.03. The molecular weight excluding hydrogens is 329 g/mol. The van der Waals surface area contributed by atoms with E-state index in [0.29, 0.717) is 5.92 Å². The van der Waals surface area contributed by atoms with Crippen LogP contribution in [-0.2, 0) is 5.41 Å². The molecule has 0 saturated heterocycles. The average Bonchev–Trinajstić information content (AvgIpc) is 2.35. The molecule has 1 aromatic rings. The number of benzene rings is 1. The van der Waals surface area contributed by atoms with Crippen molar-refractivity contribution in [3.8, 4) is 0 Å². The molecule has 0 nitrogen and oxygen atoms in total. The van der Waals surface area contributed by atoms with E-state index in [2.05, 4.69) is 22.9 Å². The molecule has 0 bridgehead atoms. The minimum atomic E-state index is -1.37. The predicted octanol–water partition coefficient (Wildman–Crippen LogP) is 5.58. The lowest BCUT2D eigenvalue weighted by Crippen LogP contribution is -2.39. The van der Waals surface area contributed by atoms with Crippen LogP contribution in [0.5, 0.6) is 0 Å². The highest BCUT2D eigenvalue weighted by molar-refractivity contribution is 9.09. The van der Waals surface area contributed by atoms with E-state index in [1.807, 2.05) is 13.8 Å². The number of hydrogen-bond acceptors (Lipinski definition) is 0. The Labute approximate surface area is 126 Å². The largest absolute Gasteiger partial charge is 0.204 e. The van der Waals surface area contributed by atoms with Gasteiger partial charge in [-0.3, -0.25) is 0 Å². The number of rotatable bonds is 2. The smallest absolute Gasteiger partial charge is 0.194 e. The first-order chi connectivity index (χ1) is 9.25. The number of halogens is 4. The minimum absolute atomic E-state index is 0.207. The van der Waals surface area contributed by atoms with Gasteiger partial charge in [0.25, 0.3) is 0 Å². The molecule has 1 aliphatic carbocycles. The molecule has 0 heterocycles. The summed E-state index contributed by atoms with van der Waals surface area (Å²) in [6.45, 7) is 6.03. The number of hydrogen-bond donors (Lipinski definition) is 0. The van der Waals surface area contributed by atoms with E-state index in [1.165, 1.54) is 6.07 Å². The molecule has 0 spiro atoms. The summed E-state index contributed by atoms with van der Waals surface area (Å²) >= 11 is 3.70. The van der Waals surface area contributed by atoms with Gasteiger partial charge in [-0.2, -0.15) is 0 Å². The second kappa shape index (κ2) is 5.70. The third-order valence-corrected chi connectivity index (χ3v) is 5.70. The van der Waals surface area contributed by atoms with Gasteiger partial charge in [-0.15, -0.1) is 0 Å². The van der Waals surface area contributed by atoms with E-state index in [-0.39, 0.29) is 16.3 Å². The maximum atomic E-state index is 14.1. The van der Waals surface area contributed by atoms with Crippen LogP contribution in [0.15, 0.2) is 12.1 Å². The molecule has 0 N–H and O–H groups in total. The van der Waals surface area contributed by atoms with Crippen LogP contribution in [0.3, 0.4) is 0 Å². The van der Waals surface area contributed by atoms with Crippen molar-refractivity contribution in [3.63, 3.8) is 0 Å². The van der Waals surface area contributed by atoms with Crippen molar-refractivity contribution in [1.82, 2.24) is 0 Å². The molecule has 3 unspecified atom stereocenters. The summed E-state index contributed by atoms with van der Waals surface area (Å²) in [6.07, 6.45) is 3.07. The lowest BCUT2D eigenvalue weighted by molar-refractivity contribution is 0.208. The first-order valence-corrected chi connectivity index (χ1v) is 7.94. The van der Waals surface area contributed by atoms with Crippen molar-refractivity contribution in [1.29, 1.82) is 0 Å². The zero-order valence-corrected chi connectivity index (χ0v) is 13.6. The summed E-state index contributed by atoms with van der Waals surface area (Å²) in [4.78, 5) is 0.272. The fourth-order valence-electron chi connectivity index (χ4n) is 3.35. The van der Waals surface area contributed by atoms with Crippen molar-refractivity contribution in [2.45, 2.75) is 50.3 Å². The molecular formula is C16H20BrF3. The normalized spacial score (nSPS) is 27.6. The molecule has 0 aromatic heterocycles. The third-order valence-electron chi connectivity index (χ3n) is 4.69. The van der Waals surface area contributed by atoms with Gasteiger partial charge in [-0.1, -0.05) is 49.2 Å². The monoisotopic (exact) mass is 348 g/mol. The fourth-order valence-corrected chi connectivity index (χ4v) is 4.91. The molecule has 112 valence electrons. The minimum Gasteiger partial charge on any atom is -0.204 e.